The third-order valence-corrected chi connectivity index (χ3v) is 5.48. The van der Waals surface area contributed by atoms with E-state index in [9.17, 15) is 14.9 Å². The molecular formula is C22H22N4O3. The van der Waals surface area contributed by atoms with Gasteiger partial charge in [-0.15, -0.1) is 0 Å². The topological polar surface area (TPSA) is 88.4 Å². The molecule has 7 nitrogen and oxygen atoms in total. The fourth-order valence-corrected chi connectivity index (χ4v) is 3.82. The Balaban J connectivity index is 1.82. The zero-order chi connectivity index (χ0) is 20.5. The highest BCUT2D eigenvalue weighted by Gasteiger charge is 2.25. The molecule has 4 rings (SSSR count). The lowest BCUT2D eigenvalue weighted by atomic mass is 9.95. The number of rotatable bonds is 4. The molecule has 148 valence electrons. The number of nitrogens with one attached hydrogen (secondary N) is 1. The summed E-state index contributed by atoms with van der Waals surface area (Å²) in [6, 6.07) is 12.1. The number of nitro groups is 1. The molecule has 2 heterocycles. The zero-order valence-electron chi connectivity index (χ0n) is 16.4. The minimum Gasteiger partial charge on any atom is -0.321 e. The molecule has 3 aromatic rings. The van der Waals surface area contributed by atoms with Crippen LogP contribution in [0.3, 0.4) is 0 Å². The molecule has 1 aromatic heterocycles. The van der Waals surface area contributed by atoms with Gasteiger partial charge in [0.15, 0.2) is 0 Å². The Bertz CT molecular complexity index is 1130. The summed E-state index contributed by atoms with van der Waals surface area (Å²) in [5, 5.41) is 14.8. The minimum absolute atomic E-state index is 0.0512. The summed E-state index contributed by atoms with van der Waals surface area (Å²) >= 11 is 0. The SMILES string of the molecule is CCN1CCc2nc3ccccc3c(C(=O)Nc3cc([N+](=O)[O-])ccc3C)c2C1. The van der Waals surface area contributed by atoms with Crippen LogP contribution in [0, 0.1) is 17.0 Å². The zero-order valence-corrected chi connectivity index (χ0v) is 16.4. The highest BCUT2D eigenvalue weighted by atomic mass is 16.6. The van der Waals surface area contributed by atoms with E-state index >= 15 is 0 Å². The molecule has 0 saturated carbocycles. The van der Waals surface area contributed by atoms with Crippen molar-refractivity contribution in [1.82, 2.24) is 9.88 Å². The summed E-state index contributed by atoms with van der Waals surface area (Å²) in [5.41, 5.74) is 4.46. The van der Waals surface area contributed by atoms with E-state index < -0.39 is 4.92 Å². The van der Waals surface area contributed by atoms with Crippen LogP contribution in [-0.4, -0.2) is 33.8 Å². The summed E-state index contributed by atoms with van der Waals surface area (Å²) < 4.78 is 0. The van der Waals surface area contributed by atoms with Gasteiger partial charge in [-0.1, -0.05) is 31.2 Å². The fourth-order valence-electron chi connectivity index (χ4n) is 3.82. The average Bonchev–Trinajstić information content (AvgIpc) is 2.72. The summed E-state index contributed by atoms with van der Waals surface area (Å²) in [7, 11) is 0. The number of para-hydroxylation sites is 1. The summed E-state index contributed by atoms with van der Waals surface area (Å²) in [6.45, 7) is 6.40. The predicted molar refractivity (Wildman–Crippen MR) is 112 cm³/mol. The molecule has 7 heteroatoms. The van der Waals surface area contributed by atoms with E-state index in [0.717, 1.165) is 47.2 Å². The fraction of sp³-hybridized carbons (Fsp3) is 0.273. The third kappa shape index (κ3) is 3.56. The van der Waals surface area contributed by atoms with Gasteiger partial charge in [-0.05, 0) is 25.1 Å². The van der Waals surface area contributed by atoms with Crippen molar-refractivity contribution in [3.8, 4) is 0 Å². The monoisotopic (exact) mass is 390 g/mol. The average molecular weight is 390 g/mol. The van der Waals surface area contributed by atoms with E-state index in [1.807, 2.05) is 31.2 Å². The van der Waals surface area contributed by atoms with Gasteiger partial charge in [-0.25, -0.2) is 0 Å². The van der Waals surface area contributed by atoms with E-state index in [0.29, 0.717) is 17.8 Å². The summed E-state index contributed by atoms with van der Waals surface area (Å²) in [6.07, 6.45) is 0.796. The molecule has 0 spiro atoms. The highest BCUT2D eigenvalue weighted by molar-refractivity contribution is 6.14. The number of non-ortho nitro benzene ring substituents is 1. The number of carbonyl (C=O) groups is 1. The summed E-state index contributed by atoms with van der Waals surface area (Å²) in [5.74, 6) is -0.263. The first-order valence-electron chi connectivity index (χ1n) is 9.67. The number of nitrogens with zero attached hydrogens (tertiary/aromatic N) is 3. The smallest absolute Gasteiger partial charge is 0.271 e. The Hall–Kier alpha value is -3.32. The van der Waals surface area contributed by atoms with Crippen LogP contribution in [0.4, 0.5) is 11.4 Å². The maximum atomic E-state index is 13.4. The minimum atomic E-state index is -0.460. The van der Waals surface area contributed by atoms with Gasteiger partial charge in [0.2, 0.25) is 0 Å². The number of anilines is 1. The molecule has 0 radical (unpaired) electrons. The number of fused-ring (bicyclic) bond motifs is 2. The maximum Gasteiger partial charge on any atom is 0.271 e. The van der Waals surface area contributed by atoms with Crippen LogP contribution >= 0.6 is 0 Å². The Labute approximate surface area is 168 Å². The van der Waals surface area contributed by atoms with E-state index in [-0.39, 0.29) is 11.6 Å². The first-order valence-corrected chi connectivity index (χ1v) is 9.67. The number of amides is 1. The largest absolute Gasteiger partial charge is 0.321 e. The standard InChI is InChI=1S/C22H22N4O3/c1-3-25-11-10-19-17(13-25)21(16-6-4-5-7-18(16)23-19)22(27)24-20-12-15(26(28)29)9-8-14(20)2/h4-9,12H,3,10-11,13H2,1-2H3,(H,24,27). The van der Waals surface area contributed by atoms with Gasteiger partial charge in [0.05, 0.1) is 21.7 Å². The number of pyridine rings is 1. The maximum absolute atomic E-state index is 13.4. The van der Waals surface area contributed by atoms with Crippen molar-refractivity contribution < 1.29 is 9.72 Å². The van der Waals surface area contributed by atoms with Crippen LogP contribution in [0.15, 0.2) is 42.5 Å². The van der Waals surface area contributed by atoms with Crippen LogP contribution in [0.25, 0.3) is 10.9 Å². The second-order valence-electron chi connectivity index (χ2n) is 7.26. The quantitative estimate of drug-likeness (QED) is 0.536. The molecule has 1 aliphatic heterocycles. The second kappa shape index (κ2) is 7.60. The van der Waals surface area contributed by atoms with Crippen LogP contribution in [0.1, 0.15) is 34.1 Å². The number of aryl methyl sites for hydroxylation is 1. The normalized spacial score (nSPS) is 13.9. The molecule has 0 unspecified atom stereocenters. The molecule has 2 aromatic carbocycles. The first-order chi connectivity index (χ1) is 14.0. The van der Waals surface area contributed by atoms with E-state index in [1.165, 1.54) is 12.1 Å². The van der Waals surface area contributed by atoms with Crippen molar-refractivity contribution in [2.45, 2.75) is 26.8 Å². The van der Waals surface area contributed by atoms with Crippen molar-refractivity contribution in [2.75, 3.05) is 18.4 Å². The van der Waals surface area contributed by atoms with Crippen LogP contribution in [0.5, 0.6) is 0 Å². The lowest BCUT2D eigenvalue weighted by molar-refractivity contribution is -0.384. The van der Waals surface area contributed by atoms with Crippen molar-refractivity contribution >= 4 is 28.2 Å². The van der Waals surface area contributed by atoms with Crippen LogP contribution in [-0.2, 0) is 13.0 Å². The van der Waals surface area contributed by atoms with Crippen molar-refractivity contribution in [3.05, 3.63) is 75.0 Å². The van der Waals surface area contributed by atoms with Gasteiger partial charge in [0.1, 0.15) is 0 Å². The first kappa shape index (κ1) is 19.0. The Morgan fingerprint density at radius 3 is 2.83 bits per heavy atom. The molecule has 1 aliphatic rings. The van der Waals surface area contributed by atoms with Crippen LogP contribution < -0.4 is 5.32 Å². The summed E-state index contributed by atoms with van der Waals surface area (Å²) in [4.78, 5) is 31.2. The highest BCUT2D eigenvalue weighted by Crippen LogP contribution is 2.30. The number of carbonyl (C=O) groups excluding carboxylic acids is 1. The number of likely N-dealkylation sites (N-methyl/N-ethyl adjacent to an activating group) is 1. The lowest BCUT2D eigenvalue weighted by Crippen LogP contribution is -2.33. The molecule has 1 amide bonds. The number of hydrogen-bond acceptors (Lipinski definition) is 5. The van der Waals surface area contributed by atoms with Gasteiger partial charge in [-0.2, -0.15) is 0 Å². The van der Waals surface area contributed by atoms with Crippen molar-refractivity contribution in [3.63, 3.8) is 0 Å². The molecule has 0 atom stereocenters. The van der Waals surface area contributed by atoms with Gasteiger partial charge in [0.25, 0.3) is 11.6 Å². The van der Waals surface area contributed by atoms with E-state index in [2.05, 4.69) is 17.1 Å². The predicted octanol–water partition coefficient (Wildman–Crippen LogP) is 4.08. The molecule has 29 heavy (non-hydrogen) atoms. The number of nitro benzene ring substituents is 1. The van der Waals surface area contributed by atoms with Crippen LogP contribution in [0.2, 0.25) is 0 Å². The van der Waals surface area contributed by atoms with Crippen molar-refractivity contribution in [1.29, 1.82) is 0 Å². The Kier molecular flexibility index (Phi) is 4.98. The van der Waals surface area contributed by atoms with Gasteiger partial charge >= 0.3 is 0 Å². The Morgan fingerprint density at radius 2 is 2.07 bits per heavy atom. The number of aromatic nitrogens is 1. The van der Waals surface area contributed by atoms with E-state index in [4.69, 9.17) is 4.98 Å². The number of hydrogen-bond donors (Lipinski definition) is 1. The van der Waals surface area contributed by atoms with Gasteiger partial charge < -0.3 is 5.32 Å². The second-order valence-corrected chi connectivity index (χ2v) is 7.26. The molecule has 0 fully saturated rings. The van der Waals surface area contributed by atoms with Crippen molar-refractivity contribution in [2.24, 2.45) is 0 Å². The molecule has 0 aliphatic carbocycles. The Morgan fingerprint density at radius 1 is 1.28 bits per heavy atom. The third-order valence-electron chi connectivity index (χ3n) is 5.48. The van der Waals surface area contributed by atoms with Gasteiger partial charge in [-0.3, -0.25) is 24.8 Å². The molecule has 1 N–H and O–H groups in total. The lowest BCUT2D eigenvalue weighted by Gasteiger charge is -2.29. The molecular weight excluding hydrogens is 368 g/mol. The van der Waals surface area contributed by atoms with E-state index in [1.54, 1.807) is 6.07 Å². The van der Waals surface area contributed by atoms with Gasteiger partial charge in [0, 0.05) is 48.3 Å². The number of benzene rings is 2. The molecule has 0 bridgehead atoms. The molecule has 0 saturated heterocycles.